The van der Waals surface area contributed by atoms with Crippen molar-refractivity contribution in [3.63, 3.8) is 0 Å². The van der Waals surface area contributed by atoms with Crippen LogP contribution in [0.2, 0.25) is 0 Å². The fraction of sp³-hybridized carbons (Fsp3) is 0.917. The minimum atomic E-state index is 0.166. The van der Waals surface area contributed by atoms with Crippen LogP contribution < -0.4 is 0 Å². The standard InChI is InChI=1S/C12H27N2O/c1-7-11(2)12(15)13(3)9-8-10-14(4,5)6/h11H,7-10H2,1-6H3/q+1. The topological polar surface area (TPSA) is 20.3 Å². The Hall–Kier alpha value is -0.570. The average Bonchev–Trinajstić information content (AvgIpc) is 2.13. The number of amides is 1. The molecular weight excluding hydrogens is 188 g/mol. The molecule has 0 aliphatic heterocycles. The summed E-state index contributed by atoms with van der Waals surface area (Å²) < 4.78 is 0.964. The van der Waals surface area contributed by atoms with Gasteiger partial charge in [-0.3, -0.25) is 4.79 Å². The van der Waals surface area contributed by atoms with Crippen LogP contribution in [0.3, 0.4) is 0 Å². The first-order valence-electron chi connectivity index (χ1n) is 5.83. The maximum Gasteiger partial charge on any atom is 0.225 e. The van der Waals surface area contributed by atoms with Gasteiger partial charge < -0.3 is 9.38 Å². The first-order valence-corrected chi connectivity index (χ1v) is 5.83. The van der Waals surface area contributed by atoms with Crippen LogP contribution in [0.5, 0.6) is 0 Å². The van der Waals surface area contributed by atoms with Crippen molar-refractivity contribution in [3.05, 3.63) is 0 Å². The summed E-state index contributed by atoms with van der Waals surface area (Å²) in [4.78, 5) is 13.6. The lowest BCUT2D eigenvalue weighted by Crippen LogP contribution is -2.38. The van der Waals surface area contributed by atoms with E-state index in [1.54, 1.807) is 0 Å². The van der Waals surface area contributed by atoms with Gasteiger partial charge in [0.2, 0.25) is 5.91 Å². The maximum absolute atomic E-state index is 11.8. The van der Waals surface area contributed by atoms with Crippen molar-refractivity contribution in [2.24, 2.45) is 5.92 Å². The summed E-state index contributed by atoms with van der Waals surface area (Å²) in [5.41, 5.74) is 0. The second kappa shape index (κ2) is 6.11. The molecule has 1 atom stereocenters. The lowest BCUT2D eigenvalue weighted by atomic mass is 10.1. The quantitative estimate of drug-likeness (QED) is 0.616. The van der Waals surface area contributed by atoms with Gasteiger partial charge in [0, 0.05) is 25.9 Å². The third-order valence-electron chi connectivity index (χ3n) is 2.73. The number of nitrogens with zero attached hydrogens (tertiary/aromatic N) is 2. The minimum absolute atomic E-state index is 0.166. The van der Waals surface area contributed by atoms with Crippen molar-refractivity contribution in [1.29, 1.82) is 0 Å². The third kappa shape index (κ3) is 6.50. The molecule has 0 saturated carbocycles. The molecule has 0 bridgehead atoms. The van der Waals surface area contributed by atoms with E-state index in [0.29, 0.717) is 0 Å². The van der Waals surface area contributed by atoms with Crippen molar-refractivity contribution < 1.29 is 9.28 Å². The number of carbonyl (C=O) groups excluding carboxylic acids is 1. The molecule has 0 N–H and O–H groups in total. The monoisotopic (exact) mass is 215 g/mol. The van der Waals surface area contributed by atoms with Gasteiger partial charge in [0.25, 0.3) is 0 Å². The van der Waals surface area contributed by atoms with Gasteiger partial charge in [0.1, 0.15) is 0 Å². The summed E-state index contributed by atoms with van der Waals surface area (Å²) in [6.07, 6.45) is 2.00. The van der Waals surface area contributed by atoms with Crippen molar-refractivity contribution in [2.75, 3.05) is 41.3 Å². The molecule has 0 aliphatic carbocycles. The van der Waals surface area contributed by atoms with Gasteiger partial charge in [0.15, 0.2) is 0 Å². The number of carbonyl (C=O) groups is 1. The smallest absolute Gasteiger partial charge is 0.225 e. The zero-order chi connectivity index (χ0) is 12.1. The Kier molecular flexibility index (Phi) is 5.88. The molecule has 3 nitrogen and oxygen atoms in total. The Morgan fingerprint density at radius 1 is 1.33 bits per heavy atom. The van der Waals surface area contributed by atoms with Gasteiger partial charge >= 0.3 is 0 Å². The van der Waals surface area contributed by atoms with E-state index in [1.165, 1.54) is 0 Å². The molecule has 0 aliphatic rings. The molecule has 0 aromatic carbocycles. The normalized spacial score (nSPS) is 13.7. The van der Waals surface area contributed by atoms with Crippen molar-refractivity contribution >= 4 is 5.91 Å². The van der Waals surface area contributed by atoms with E-state index in [2.05, 4.69) is 28.1 Å². The van der Waals surface area contributed by atoms with Gasteiger partial charge in [-0.15, -0.1) is 0 Å². The molecular formula is C12H27N2O+. The van der Waals surface area contributed by atoms with Crippen LogP contribution in [0.15, 0.2) is 0 Å². The largest absolute Gasteiger partial charge is 0.345 e. The van der Waals surface area contributed by atoms with E-state index < -0.39 is 0 Å². The van der Waals surface area contributed by atoms with Crippen LogP contribution in [0.4, 0.5) is 0 Å². The van der Waals surface area contributed by atoms with Gasteiger partial charge in [-0.1, -0.05) is 13.8 Å². The molecule has 1 unspecified atom stereocenters. The van der Waals surface area contributed by atoms with Crippen molar-refractivity contribution in [1.82, 2.24) is 4.90 Å². The highest BCUT2D eigenvalue weighted by Crippen LogP contribution is 2.06. The zero-order valence-electron chi connectivity index (χ0n) is 11.2. The predicted octanol–water partition coefficient (Wildman–Crippen LogP) is 1.59. The Labute approximate surface area is 94.6 Å². The molecule has 0 radical (unpaired) electrons. The van der Waals surface area contributed by atoms with Crippen molar-refractivity contribution in [3.8, 4) is 0 Å². The Balaban J connectivity index is 3.84. The van der Waals surface area contributed by atoms with Gasteiger partial charge in [-0.05, 0) is 6.42 Å². The van der Waals surface area contributed by atoms with E-state index in [1.807, 2.05) is 18.9 Å². The lowest BCUT2D eigenvalue weighted by Gasteiger charge is -2.26. The summed E-state index contributed by atoms with van der Waals surface area (Å²) in [6.45, 7) is 6.04. The summed E-state index contributed by atoms with van der Waals surface area (Å²) in [7, 11) is 8.44. The second-order valence-corrected chi connectivity index (χ2v) is 5.44. The van der Waals surface area contributed by atoms with E-state index in [-0.39, 0.29) is 11.8 Å². The second-order valence-electron chi connectivity index (χ2n) is 5.44. The molecule has 0 rings (SSSR count). The predicted molar refractivity (Wildman–Crippen MR) is 64.6 cm³/mol. The van der Waals surface area contributed by atoms with E-state index in [4.69, 9.17) is 0 Å². The van der Waals surface area contributed by atoms with E-state index in [0.717, 1.165) is 30.4 Å². The third-order valence-corrected chi connectivity index (χ3v) is 2.73. The molecule has 3 heteroatoms. The maximum atomic E-state index is 11.8. The van der Waals surface area contributed by atoms with Crippen LogP contribution in [0, 0.1) is 5.92 Å². The highest BCUT2D eigenvalue weighted by molar-refractivity contribution is 5.78. The molecule has 0 aromatic rings. The zero-order valence-corrected chi connectivity index (χ0v) is 11.2. The fourth-order valence-electron chi connectivity index (χ4n) is 1.44. The molecule has 90 valence electrons. The average molecular weight is 215 g/mol. The lowest BCUT2D eigenvalue weighted by molar-refractivity contribution is -0.870. The van der Waals surface area contributed by atoms with Crippen LogP contribution in [0.1, 0.15) is 26.7 Å². The molecule has 0 spiro atoms. The van der Waals surface area contributed by atoms with Crippen LogP contribution in [0.25, 0.3) is 0 Å². The molecule has 0 aromatic heterocycles. The first kappa shape index (κ1) is 14.4. The summed E-state index contributed by atoms with van der Waals surface area (Å²) in [5.74, 6) is 0.443. The summed E-state index contributed by atoms with van der Waals surface area (Å²) in [5, 5.41) is 0. The molecule has 1 amide bonds. The fourth-order valence-corrected chi connectivity index (χ4v) is 1.44. The van der Waals surface area contributed by atoms with Gasteiger partial charge in [0.05, 0.1) is 27.7 Å². The summed E-state index contributed by atoms with van der Waals surface area (Å²) in [6, 6.07) is 0. The summed E-state index contributed by atoms with van der Waals surface area (Å²) >= 11 is 0. The molecule has 0 fully saturated rings. The van der Waals surface area contributed by atoms with Crippen molar-refractivity contribution in [2.45, 2.75) is 26.7 Å². The number of hydrogen-bond donors (Lipinski definition) is 0. The van der Waals surface area contributed by atoms with Gasteiger partial charge in [-0.25, -0.2) is 0 Å². The highest BCUT2D eigenvalue weighted by Gasteiger charge is 2.16. The Morgan fingerprint density at radius 2 is 1.87 bits per heavy atom. The number of rotatable bonds is 6. The Bertz CT molecular complexity index is 196. The van der Waals surface area contributed by atoms with E-state index in [9.17, 15) is 4.79 Å². The van der Waals surface area contributed by atoms with Crippen LogP contribution >= 0.6 is 0 Å². The SMILES string of the molecule is CCC(C)C(=O)N(C)CCC[N+](C)(C)C. The first-order chi connectivity index (χ1) is 6.78. The van der Waals surface area contributed by atoms with Crippen LogP contribution in [-0.2, 0) is 4.79 Å². The van der Waals surface area contributed by atoms with Gasteiger partial charge in [-0.2, -0.15) is 0 Å². The number of hydrogen-bond acceptors (Lipinski definition) is 1. The molecule has 0 saturated heterocycles. The van der Waals surface area contributed by atoms with Crippen LogP contribution in [-0.4, -0.2) is 56.6 Å². The highest BCUT2D eigenvalue weighted by atomic mass is 16.2. The molecule has 15 heavy (non-hydrogen) atoms. The minimum Gasteiger partial charge on any atom is -0.345 e. The van der Waals surface area contributed by atoms with E-state index >= 15 is 0 Å². The molecule has 0 heterocycles. The Morgan fingerprint density at radius 3 is 2.27 bits per heavy atom. The number of quaternary nitrogens is 1.